The molecule has 0 amide bonds. The second-order valence-corrected chi connectivity index (χ2v) is 3.58. The summed E-state index contributed by atoms with van der Waals surface area (Å²) in [6.45, 7) is 1.81. The number of hydrogen-bond donors (Lipinski definition) is 0. The molecule has 0 aliphatic rings. The highest BCUT2D eigenvalue weighted by Gasteiger charge is 2.04. The Balaban J connectivity index is 2.44. The minimum Gasteiger partial charge on any atom is -0.481 e. The molecule has 0 N–H and O–H groups in total. The predicted octanol–water partition coefficient (Wildman–Crippen LogP) is 2.27. The summed E-state index contributed by atoms with van der Waals surface area (Å²) < 4.78 is 5.09. The first-order valence-electron chi connectivity index (χ1n) is 5.18. The van der Waals surface area contributed by atoms with Crippen molar-refractivity contribution in [3.63, 3.8) is 0 Å². The molecule has 0 saturated carbocycles. The Morgan fingerprint density at radius 2 is 1.88 bits per heavy atom. The third-order valence-electron chi connectivity index (χ3n) is 2.37. The van der Waals surface area contributed by atoms with Crippen molar-refractivity contribution in [2.75, 3.05) is 7.11 Å². The third-order valence-corrected chi connectivity index (χ3v) is 2.37. The Bertz CT molecular complexity index is 536. The van der Waals surface area contributed by atoms with E-state index in [-0.39, 0.29) is 0 Å². The topological polar surface area (TPSA) is 52.1 Å². The number of ether oxygens (including phenoxy) is 1. The second kappa shape index (κ2) is 4.74. The van der Waals surface area contributed by atoms with Gasteiger partial charge in [-0.3, -0.25) is 4.79 Å². The van der Waals surface area contributed by atoms with Crippen LogP contribution in [-0.2, 0) is 0 Å². The maximum absolute atomic E-state index is 10.6. The van der Waals surface area contributed by atoms with Crippen molar-refractivity contribution in [2.24, 2.45) is 0 Å². The fraction of sp³-hybridized carbons (Fsp3) is 0.154. The summed E-state index contributed by atoms with van der Waals surface area (Å²) in [6.07, 6.45) is 0.815. The van der Waals surface area contributed by atoms with Crippen LogP contribution < -0.4 is 4.74 Å². The van der Waals surface area contributed by atoms with Crippen molar-refractivity contribution in [1.82, 2.24) is 9.97 Å². The maximum atomic E-state index is 10.6. The highest BCUT2D eigenvalue weighted by atomic mass is 16.5. The van der Waals surface area contributed by atoms with Gasteiger partial charge in [0.15, 0.2) is 0 Å². The van der Waals surface area contributed by atoms with Gasteiger partial charge in [0.2, 0.25) is 5.88 Å². The van der Waals surface area contributed by atoms with Crippen LogP contribution in [0.5, 0.6) is 5.88 Å². The molecule has 4 nitrogen and oxygen atoms in total. The van der Waals surface area contributed by atoms with Crippen LogP contribution in [0.2, 0.25) is 0 Å². The molecule has 0 saturated heterocycles. The van der Waals surface area contributed by atoms with Gasteiger partial charge in [0.25, 0.3) is 0 Å². The van der Waals surface area contributed by atoms with Crippen molar-refractivity contribution < 1.29 is 9.53 Å². The van der Waals surface area contributed by atoms with E-state index in [0.29, 0.717) is 17.3 Å². The van der Waals surface area contributed by atoms with Gasteiger partial charge in [0, 0.05) is 17.2 Å². The Morgan fingerprint density at radius 3 is 2.47 bits per heavy atom. The van der Waals surface area contributed by atoms with Crippen LogP contribution in [0, 0.1) is 6.92 Å². The molecule has 17 heavy (non-hydrogen) atoms. The molecule has 2 aromatic rings. The second-order valence-electron chi connectivity index (χ2n) is 3.58. The molecule has 0 unspecified atom stereocenters. The monoisotopic (exact) mass is 228 g/mol. The highest BCUT2D eigenvalue weighted by Crippen LogP contribution is 2.20. The van der Waals surface area contributed by atoms with E-state index >= 15 is 0 Å². The first-order chi connectivity index (χ1) is 8.22. The number of methoxy groups -OCH3 is 1. The van der Waals surface area contributed by atoms with Gasteiger partial charge < -0.3 is 4.74 Å². The first-order valence-corrected chi connectivity index (χ1v) is 5.18. The zero-order valence-electron chi connectivity index (χ0n) is 9.68. The summed E-state index contributed by atoms with van der Waals surface area (Å²) in [5.74, 6) is 1.19. The van der Waals surface area contributed by atoms with Crippen molar-refractivity contribution in [3.05, 3.63) is 41.7 Å². The number of hydrogen-bond acceptors (Lipinski definition) is 4. The van der Waals surface area contributed by atoms with Crippen LogP contribution in [0.4, 0.5) is 0 Å². The van der Waals surface area contributed by atoms with E-state index in [2.05, 4.69) is 9.97 Å². The molecule has 1 aromatic carbocycles. The number of aldehydes is 1. The van der Waals surface area contributed by atoms with E-state index in [0.717, 1.165) is 17.5 Å². The van der Waals surface area contributed by atoms with Gasteiger partial charge in [-0.15, -0.1) is 0 Å². The van der Waals surface area contributed by atoms with Crippen LogP contribution in [0.3, 0.4) is 0 Å². The molecular weight excluding hydrogens is 216 g/mol. The zero-order valence-corrected chi connectivity index (χ0v) is 9.68. The molecule has 0 fully saturated rings. The molecule has 0 radical (unpaired) electrons. The number of benzene rings is 1. The fourth-order valence-electron chi connectivity index (χ4n) is 1.53. The number of carbonyl (C=O) groups excluding carboxylic acids is 1. The van der Waals surface area contributed by atoms with E-state index in [4.69, 9.17) is 4.74 Å². The van der Waals surface area contributed by atoms with Crippen molar-refractivity contribution in [1.29, 1.82) is 0 Å². The Morgan fingerprint density at radius 1 is 1.18 bits per heavy atom. The summed E-state index contributed by atoms with van der Waals surface area (Å²) in [7, 11) is 1.57. The summed E-state index contributed by atoms with van der Waals surface area (Å²) in [5, 5.41) is 0. The standard InChI is InChI=1S/C13H12N2O2/c1-9-14-12(7-13(15-9)17-2)11-5-3-10(8-16)4-6-11/h3-8H,1-2H3. The molecule has 1 aromatic heterocycles. The van der Waals surface area contributed by atoms with Crippen molar-refractivity contribution >= 4 is 6.29 Å². The number of carbonyl (C=O) groups is 1. The lowest BCUT2D eigenvalue weighted by atomic mass is 10.1. The number of aryl methyl sites for hydroxylation is 1. The van der Waals surface area contributed by atoms with E-state index in [1.54, 1.807) is 25.3 Å². The summed E-state index contributed by atoms with van der Waals surface area (Å²) >= 11 is 0. The molecule has 0 atom stereocenters. The van der Waals surface area contributed by atoms with Crippen molar-refractivity contribution in [3.8, 4) is 17.1 Å². The molecule has 4 heteroatoms. The molecule has 0 aliphatic carbocycles. The number of nitrogens with zero attached hydrogens (tertiary/aromatic N) is 2. The Hall–Kier alpha value is -2.23. The van der Waals surface area contributed by atoms with E-state index in [1.807, 2.05) is 19.1 Å². The molecule has 86 valence electrons. The quantitative estimate of drug-likeness (QED) is 0.756. The van der Waals surface area contributed by atoms with Crippen LogP contribution >= 0.6 is 0 Å². The van der Waals surface area contributed by atoms with Crippen LogP contribution in [0.1, 0.15) is 16.2 Å². The van der Waals surface area contributed by atoms with Gasteiger partial charge in [-0.2, -0.15) is 4.98 Å². The van der Waals surface area contributed by atoms with Gasteiger partial charge in [-0.25, -0.2) is 4.98 Å². The van der Waals surface area contributed by atoms with Crippen molar-refractivity contribution in [2.45, 2.75) is 6.92 Å². The van der Waals surface area contributed by atoms with Crippen LogP contribution in [0.25, 0.3) is 11.3 Å². The SMILES string of the molecule is COc1cc(-c2ccc(C=O)cc2)nc(C)n1. The zero-order chi connectivity index (χ0) is 12.3. The summed E-state index contributed by atoms with van der Waals surface area (Å²) in [4.78, 5) is 19.0. The summed E-state index contributed by atoms with van der Waals surface area (Å²) in [5.41, 5.74) is 2.36. The molecule has 0 bridgehead atoms. The van der Waals surface area contributed by atoms with Gasteiger partial charge >= 0.3 is 0 Å². The minimum absolute atomic E-state index is 0.534. The number of rotatable bonds is 3. The first kappa shape index (κ1) is 11.3. The molecule has 0 aliphatic heterocycles. The minimum atomic E-state index is 0.534. The van der Waals surface area contributed by atoms with Crippen LogP contribution in [0.15, 0.2) is 30.3 Å². The third kappa shape index (κ3) is 2.47. The average Bonchev–Trinajstić information content (AvgIpc) is 2.38. The van der Waals surface area contributed by atoms with Gasteiger partial charge in [-0.05, 0) is 6.92 Å². The van der Waals surface area contributed by atoms with Crippen LogP contribution in [-0.4, -0.2) is 23.4 Å². The maximum Gasteiger partial charge on any atom is 0.216 e. The molecule has 0 spiro atoms. The van der Waals surface area contributed by atoms with Gasteiger partial charge in [0.1, 0.15) is 12.1 Å². The lowest BCUT2D eigenvalue weighted by Gasteiger charge is -2.05. The predicted molar refractivity (Wildman–Crippen MR) is 64.1 cm³/mol. The van der Waals surface area contributed by atoms with Gasteiger partial charge in [0.05, 0.1) is 12.8 Å². The fourth-order valence-corrected chi connectivity index (χ4v) is 1.53. The molecule has 2 rings (SSSR count). The Labute approximate surface area is 99.3 Å². The van der Waals surface area contributed by atoms with E-state index < -0.39 is 0 Å². The normalized spacial score (nSPS) is 10.0. The summed E-state index contributed by atoms with van der Waals surface area (Å²) in [6, 6.07) is 8.98. The average molecular weight is 228 g/mol. The van der Waals surface area contributed by atoms with E-state index in [1.165, 1.54) is 0 Å². The lowest BCUT2D eigenvalue weighted by Crippen LogP contribution is -1.95. The molecular formula is C13H12N2O2. The van der Waals surface area contributed by atoms with E-state index in [9.17, 15) is 4.79 Å². The highest BCUT2D eigenvalue weighted by molar-refractivity contribution is 5.76. The molecule has 1 heterocycles. The number of aromatic nitrogens is 2. The Kier molecular flexibility index (Phi) is 3.14. The lowest BCUT2D eigenvalue weighted by molar-refractivity contribution is 0.112. The largest absolute Gasteiger partial charge is 0.481 e. The van der Waals surface area contributed by atoms with Gasteiger partial charge in [-0.1, -0.05) is 24.3 Å². The smallest absolute Gasteiger partial charge is 0.216 e.